The molecule has 0 bridgehead atoms. The monoisotopic (exact) mass is 1540 g/mol. The van der Waals surface area contributed by atoms with Crippen LogP contribution in [-0.2, 0) is 33.2 Å². The average molecular weight is 1540 g/mol. The summed E-state index contributed by atoms with van der Waals surface area (Å²) in [6.07, 6.45) is 68.9. The minimum atomic E-state index is -1.98. The number of aliphatic hydroxyl groups excluding tert-OH is 11. The van der Waals surface area contributed by atoms with Crippen LogP contribution in [0.2, 0.25) is 0 Å². The number of unbranched alkanes of at least 4 members (excludes halogenated alkanes) is 35. The Kier molecular flexibility index (Phi) is 62.9. The predicted octanol–water partition coefficient (Wildman–Crippen LogP) is 16.1. The molecule has 3 heterocycles. The van der Waals surface area contributed by atoms with Gasteiger partial charge < -0.3 is 89.9 Å². The molecule has 1 amide bonds. The normalized spacial score (nSPS) is 25.8. The third-order valence-electron chi connectivity index (χ3n) is 21.1. The van der Waals surface area contributed by atoms with E-state index in [4.69, 9.17) is 28.4 Å². The third kappa shape index (κ3) is 47.8. The molecule has 630 valence electrons. The maximum atomic E-state index is 13.5. The van der Waals surface area contributed by atoms with Gasteiger partial charge in [0.2, 0.25) is 5.91 Å². The summed E-state index contributed by atoms with van der Waals surface area (Å²) in [7, 11) is 0. The number of ether oxygens (including phenoxy) is 6. The number of carbonyl (C=O) groups excluding carboxylic acids is 1. The molecule has 12 N–H and O–H groups in total. The van der Waals surface area contributed by atoms with Crippen LogP contribution in [-0.4, -0.2) is 193 Å². The van der Waals surface area contributed by atoms with Crippen molar-refractivity contribution < 1.29 is 89.4 Å². The first-order valence-electron chi connectivity index (χ1n) is 43.6. The molecule has 17 atom stereocenters. The van der Waals surface area contributed by atoms with Gasteiger partial charge in [0, 0.05) is 6.42 Å². The molecule has 0 aromatic heterocycles. The Morgan fingerprint density at radius 3 is 0.991 bits per heavy atom. The van der Waals surface area contributed by atoms with Crippen molar-refractivity contribution >= 4 is 5.91 Å². The van der Waals surface area contributed by atoms with Crippen molar-refractivity contribution in [1.29, 1.82) is 0 Å². The summed E-state index contributed by atoms with van der Waals surface area (Å²) < 4.78 is 34.6. The van der Waals surface area contributed by atoms with Gasteiger partial charge in [-0.15, -0.1) is 0 Å². The van der Waals surface area contributed by atoms with E-state index < -0.39 is 124 Å². The Bertz CT molecular complexity index is 2390. The SMILES string of the molecule is CC/C=C\C/C=C\C/C=C\C/C=C\C/C=C\C/C=C\C/C=C\C/C=C\C/C=C\CCCCCCCCCC(=O)NC(COC1OC(CO)C(OC2OC(CO)C(OC3OC(CO)C(O)C(O)C3O)C(O)C2O)C(O)C1O)C(O)CCCCCCCCCCCCCCCCCCCCCCCCCCCCCCC. The topological polar surface area (TPSA) is 307 Å². The molecule has 3 fully saturated rings. The molecule has 0 aliphatic carbocycles. The molecular weight excluding hydrogens is 1380 g/mol. The summed E-state index contributed by atoms with van der Waals surface area (Å²) in [5.74, 6) is -0.254. The zero-order valence-electron chi connectivity index (χ0n) is 67.8. The van der Waals surface area contributed by atoms with Crippen molar-refractivity contribution in [1.82, 2.24) is 5.32 Å². The van der Waals surface area contributed by atoms with Crippen molar-refractivity contribution in [3.05, 3.63) is 109 Å². The first-order valence-corrected chi connectivity index (χ1v) is 43.6. The van der Waals surface area contributed by atoms with E-state index in [0.29, 0.717) is 12.8 Å². The van der Waals surface area contributed by atoms with Crippen LogP contribution in [0.4, 0.5) is 0 Å². The number of hydrogen-bond acceptors (Lipinski definition) is 18. The second-order valence-electron chi connectivity index (χ2n) is 30.6. The van der Waals surface area contributed by atoms with E-state index in [0.717, 1.165) is 128 Å². The predicted molar refractivity (Wildman–Crippen MR) is 438 cm³/mol. The van der Waals surface area contributed by atoms with Gasteiger partial charge in [0.25, 0.3) is 0 Å². The van der Waals surface area contributed by atoms with Crippen LogP contribution >= 0.6 is 0 Å². The highest BCUT2D eigenvalue weighted by atomic mass is 16.8. The van der Waals surface area contributed by atoms with Gasteiger partial charge in [0.1, 0.15) is 73.2 Å². The smallest absolute Gasteiger partial charge is 0.220 e. The summed E-state index contributed by atoms with van der Waals surface area (Å²) in [6, 6.07) is -0.904. The largest absolute Gasteiger partial charge is 0.394 e. The number of rotatable bonds is 69. The quantitative estimate of drug-likeness (QED) is 0.0199. The van der Waals surface area contributed by atoms with Gasteiger partial charge in [0.05, 0.1) is 38.6 Å². The minimum absolute atomic E-state index is 0.247. The van der Waals surface area contributed by atoms with Crippen molar-refractivity contribution in [2.45, 2.75) is 426 Å². The highest BCUT2D eigenvalue weighted by Gasteiger charge is 2.54. The van der Waals surface area contributed by atoms with E-state index in [9.17, 15) is 61.0 Å². The third-order valence-corrected chi connectivity index (χ3v) is 21.1. The van der Waals surface area contributed by atoms with E-state index >= 15 is 0 Å². The molecule has 0 saturated carbocycles. The molecule has 109 heavy (non-hydrogen) atoms. The van der Waals surface area contributed by atoms with E-state index in [1.165, 1.54) is 161 Å². The fourth-order valence-corrected chi connectivity index (χ4v) is 14.2. The highest BCUT2D eigenvalue weighted by molar-refractivity contribution is 5.76. The van der Waals surface area contributed by atoms with Gasteiger partial charge in [-0.1, -0.05) is 342 Å². The molecule has 3 rings (SSSR count). The Labute approximate surface area is 659 Å². The molecule has 19 nitrogen and oxygen atoms in total. The summed E-state index contributed by atoms with van der Waals surface area (Å²) in [5.41, 5.74) is 0. The van der Waals surface area contributed by atoms with E-state index in [2.05, 4.69) is 129 Å². The van der Waals surface area contributed by atoms with Gasteiger partial charge in [-0.3, -0.25) is 4.79 Å². The minimum Gasteiger partial charge on any atom is -0.394 e. The van der Waals surface area contributed by atoms with Gasteiger partial charge in [0.15, 0.2) is 18.9 Å². The molecule has 17 unspecified atom stereocenters. The van der Waals surface area contributed by atoms with E-state index in [1.54, 1.807) is 0 Å². The van der Waals surface area contributed by atoms with Crippen LogP contribution in [0.3, 0.4) is 0 Å². The van der Waals surface area contributed by atoms with Crippen molar-refractivity contribution in [3.63, 3.8) is 0 Å². The van der Waals surface area contributed by atoms with Crippen LogP contribution < -0.4 is 5.32 Å². The maximum Gasteiger partial charge on any atom is 0.220 e. The lowest BCUT2D eigenvalue weighted by molar-refractivity contribution is -0.379. The number of allylic oxidation sites excluding steroid dienone is 18. The molecule has 0 radical (unpaired) electrons. The molecule has 0 aromatic carbocycles. The van der Waals surface area contributed by atoms with Gasteiger partial charge >= 0.3 is 0 Å². The van der Waals surface area contributed by atoms with Crippen LogP contribution in [0.5, 0.6) is 0 Å². The Balaban J connectivity index is 1.35. The molecule has 19 heteroatoms. The maximum absolute atomic E-state index is 13.5. The number of carbonyl (C=O) groups is 1. The number of hydrogen-bond donors (Lipinski definition) is 12. The standard InChI is InChI=1S/C90H157NO18/c1-3-5-7-9-11-13-15-17-19-21-23-25-27-29-31-33-34-35-36-37-38-40-42-44-46-48-50-52-54-56-58-60-62-64-66-68-78(96)91-73(74(95)67-65-63-61-59-57-55-53-51-49-47-45-43-41-39-32-30-28-26-24-22-20-18-16-14-12-10-8-6-4-2)72-104-88-84(102)81(99)86(76(70-93)106-88)109-90-85(103)82(100)87(77(71-94)107-90)108-89-83(101)80(98)79(97)75(69-92)105-89/h5,7,11,13,17,19,23,25,29,31,34-35,37-38,42,44,48,50,73-77,79-90,92-95,97-103H,3-4,6,8-10,12,14-16,18,20-22,24,26-28,30,32-33,36,39-41,43,45-47,49,51-72H2,1-2H3,(H,91,96)/b7-5-,13-11-,19-17-,25-23-,31-29-,35-34-,38-37-,44-42-,50-48-. The van der Waals surface area contributed by atoms with Crippen molar-refractivity contribution in [3.8, 4) is 0 Å². The highest BCUT2D eigenvalue weighted by Crippen LogP contribution is 2.33. The number of nitrogens with one attached hydrogen (secondary N) is 1. The lowest BCUT2D eigenvalue weighted by atomic mass is 9.96. The summed E-state index contributed by atoms with van der Waals surface area (Å²) >= 11 is 0. The van der Waals surface area contributed by atoms with E-state index in [1.807, 2.05) is 0 Å². The molecule has 3 saturated heterocycles. The van der Waals surface area contributed by atoms with E-state index in [-0.39, 0.29) is 18.9 Å². The van der Waals surface area contributed by atoms with Crippen LogP contribution in [0.1, 0.15) is 322 Å². The fraction of sp³-hybridized carbons (Fsp3) is 0.789. The van der Waals surface area contributed by atoms with Gasteiger partial charge in [-0.25, -0.2) is 0 Å². The van der Waals surface area contributed by atoms with Gasteiger partial charge in [-0.2, -0.15) is 0 Å². The second kappa shape index (κ2) is 68.8. The Hall–Kier alpha value is -3.55. The molecule has 0 aromatic rings. The fourth-order valence-electron chi connectivity index (χ4n) is 14.2. The first kappa shape index (κ1) is 99.6. The van der Waals surface area contributed by atoms with Crippen molar-refractivity contribution in [2.75, 3.05) is 26.4 Å². The zero-order chi connectivity index (χ0) is 78.8. The Morgan fingerprint density at radius 1 is 0.339 bits per heavy atom. The number of amides is 1. The summed E-state index contributed by atoms with van der Waals surface area (Å²) in [6.45, 7) is 1.71. The Morgan fingerprint density at radius 2 is 0.633 bits per heavy atom. The second-order valence-corrected chi connectivity index (χ2v) is 30.6. The molecule has 3 aliphatic rings. The zero-order valence-corrected chi connectivity index (χ0v) is 67.8. The van der Waals surface area contributed by atoms with Crippen LogP contribution in [0.15, 0.2) is 109 Å². The molecular formula is C90H157NO18. The average Bonchev–Trinajstić information content (AvgIpc) is 0.749. The molecule has 0 spiro atoms. The molecule has 3 aliphatic heterocycles. The lowest BCUT2D eigenvalue weighted by Crippen LogP contribution is -2.66. The lowest BCUT2D eigenvalue weighted by Gasteiger charge is -2.48. The van der Waals surface area contributed by atoms with Crippen LogP contribution in [0, 0.1) is 0 Å². The van der Waals surface area contributed by atoms with Crippen LogP contribution in [0.25, 0.3) is 0 Å². The first-order chi connectivity index (χ1) is 53.3. The summed E-state index contributed by atoms with van der Waals surface area (Å²) in [5, 5.41) is 121. The number of aliphatic hydroxyl groups is 11. The summed E-state index contributed by atoms with van der Waals surface area (Å²) in [4.78, 5) is 13.5. The van der Waals surface area contributed by atoms with Gasteiger partial charge in [-0.05, 0) is 83.5 Å². The van der Waals surface area contributed by atoms with Crippen molar-refractivity contribution in [2.24, 2.45) is 0 Å².